The van der Waals surface area contributed by atoms with Crippen molar-refractivity contribution in [3.05, 3.63) is 34.9 Å². The third-order valence-electron chi connectivity index (χ3n) is 3.24. The van der Waals surface area contributed by atoms with E-state index in [4.69, 9.17) is 5.11 Å². The molecule has 2 rings (SSSR count). The Morgan fingerprint density at radius 1 is 1.55 bits per heavy atom. The predicted octanol–water partition coefficient (Wildman–Crippen LogP) is 1.92. The molecule has 106 valence electrons. The molecule has 1 amide bonds. The van der Waals surface area contributed by atoms with Gasteiger partial charge in [0, 0.05) is 29.7 Å². The molecule has 1 aliphatic rings. The first kappa shape index (κ1) is 15.0. The molecule has 3 nitrogen and oxygen atoms in total. The molecule has 0 aliphatic carbocycles. The van der Waals surface area contributed by atoms with Gasteiger partial charge in [0.05, 0.1) is 5.56 Å². The molecule has 1 unspecified atom stereocenters. The third-order valence-corrected chi connectivity index (χ3v) is 4.37. The van der Waals surface area contributed by atoms with E-state index >= 15 is 0 Å². The van der Waals surface area contributed by atoms with Gasteiger partial charge >= 0.3 is 0 Å². The van der Waals surface area contributed by atoms with E-state index in [9.17, 15) is 4.79 Å². The Labute approximate surface area is 124 Å². The molecule has 1 fully saturated rings. The highest BCUT2D eigenvalue weighted by Crippen LogP contribution is 2.21. The van der Waals surface area contributed by atoms with Gasteiger partial charge in [0.15, 0.2) is 0 Å². The number of aliphatic hydroxyl groups is 1. The van der Waals surface area contributed by atoms with Crippen molar-refractivity contribution in [1.29, 1.82) is 0 Å². The maximum Gasteiger partial charge on any atom is 0.255 e. The van der Waals surface area contributed by atoms with Gasteiger partial charge in [-0.2, -0.15) is 11.8 Å². The van der Waals surface area contributed by atoms with Gasteiger partial charge in [-0.3, -0.25) is 4.79 Å². The molecule has 0 bridgehead atoms. The molecule has 1 N–H and O–H groups in total. The number of carbonyl (C=O) groups is 1. The fourth-order valence-electron chi connectivity index (χ4n) is 2.26. The van der Waals surface area contributed by atoms with Crippen LogP contribution in [0.3, 0.4) is 0 Å². The van der Waals surface area contributed by atoms with Gasteiger partial charge in [-0.15, -0.1) is 0 Å². The number of nitrogens with zero attached hydrogens (tertiary/aromatic N) is 1. The van der Waals surface area contributed by atoms with Crippen LogP contribution in [0.1, 0.15) is 28.4 Å². The van der Waals surface area contributed by atoms with Crippen LogP contribution in [0.2, 0.25) is 0 Å². The van der Waals surface area contributed by atoms with Crippen LogP contribution in [0, 0.1) is 18.8 Å². The van der Waals surface area contributed by atoms with Crippen LogP contribution < -0.4 is 0 Å². The van der Waals surface area contributed by atoms with E-state index in [1.54, 1.807) is 0 Å². The number of carbonyl (C=O) groups excluding carboxylic acids is 1. The zero-order valence-corrected chi connectivity index (χ0v) is 12.7. The normalized spacial score (nSPS) is 18.4. The first-order valence-corrected chi connectivity index (χ1v) is 7.78. The van der Waals surface area contributed by atoms with Crippen LogP contribution in [-0.2, 0) is 0 Å². The Morgan fingerprint density at radius 3 is 3.05 bits per heavy atom. The number of rotatable bonds is 1. The predicted molar refractivity (Wildman–Crippen MR) is 83.0 cm³/mol. The summed E-state index contributed by atoms with van der Waals surface area (Å²) in [5.74, 6) is 6.54. The van der Waals surface area contributed by atoms with Crippen molar-refractivity contribution in [3.8, 4) is 11.8 Å². The highest BCUT2D eigenvalue weighted by molar-refractivity contribution is 7.99. The van der Waals surface area contributed by atoms with Gasteiger partial charge in [0.1, 0.15) is 6.61 Å². The van der Waals surface area contributed by atoms with Crippen molar-refractivity contribution in [2.45, 2.75) is 19.1 Å². The van der Waals surface area contributed by atoms with E-state index < -0.39 is 0 Å². The van der Waals surface area contributed by atoms with Crippen molar-refractivity contribution in [3.63, 3.8) is 0 Å². The van der Waals surface area contributed by atoms with Crippen LogP contribution in [-0.4, -0.2) is 46.6 Å². The first-order chi connectivity index (χ1) is 9.61. The molecule has 1 aliphatic heterocycles. The maximum atomic E-state index is 12.6. The summed E-state index contributed by atoms with van der Waals surface area (Å²) in [4.78, 5) is 14.5. The highest BCUT2D eigenvalue weighted by atomic mass is 32.2. The molecule has 0 aromatic heterocycles. The minimum absolute atomic E-state index is 0.0411. The van der Waals surface area contributed by atoms with Crippen molar-refractivity contribution >= 4 is 17.7 Å². The standard InChI is InChI=1S/C16H19NO2S/c1-12-5-6-15(14(10-12)4-3-8-18)16(19)17-7-9-20-13(2)11-17/h5-6,10,13,18H,7-9,11H2,1-2H3. The maximum absolute atomic E-state index is 12.6. The minimum atomic E-state index is -0.195. The molecule has 1 heterocycles. The summed E-state index contributed by atoms with van der Waals surface area (Å²) in [6.45, 7) is 5.49. The van der Waals surface area contributed by atoms with Crippen LogP contribution in [0.4, 0.5) is 0 Å². The van der Waals surface area contributed by atoms with Gasteiger partial charge in [0.2, 0.25) is 0 Å². The Balaban J connectivity index is 2.29. The summed E-state index contributed by atoms with van der Waals surface area (Å²) in [7, 11) is 0. The number of thioether (sulfide) groups is 1. The number of hydrogen-bond donors (Lipinski definition) is 1. The van der Waals surface area contributed by atoms with E-state index in [0.717, 1.165) is 24.4 Å². The molecule has 0 spiro atoms. The first-order valence-electron chi connectivity index (χ1n) is 6.73. The van der Waals surface area contributed by atoms with Crippen molar-refractivity contribution in [2.24, 2.45) is 0 Å². The lowest BCUT2D eigenvalue weighted by Crippen LogP contribution is -2.41. The average molecular weight is 289 g/mol. The second-order valence-corrected chi connectivity index (χ2v) is 6.49. The van der Waals surface area contributed by atoms with Crippen molar-refractivity contribution in [2.75, 3.05) is 25.4 Å². The lowest BCUT2D eigenvalue weighted by Gasteiger charge is -2.31. The second-order valence-electron chi connectivity index (χ2n) is 4.94. The molecule has 20 heavy (non-hydrogen) atoms. The molecule has 0 radical (unpaired) electrons. The summed E-state index contributed by atoms with van der Waals surface area (Å²) in [6, 6.07) is 5.67. The number of aryl methyl sites for hydroxylation is 1. The Hall–Kier alpha value is -1.44. The Kier molecular flexibility index (Phi) is 5.11. The van der Waals surface area contributed by atoms with E-state index in [1.807, 2.05) is 41.8 Å². The lowest BCUT2D eigenvalue weighted by atomic mass is 10.0. The number of benzene rings is 1. The topological polar surface area (TPSA) is 40.5 Å². The number of amides is 1. The zero-order valence-electron chi connectivity index (χ0n) is 11.8. The van der Waals surface area contributed by atoms with Gasteiger partial charge in [-0.1, -0.05) is 24.8 Å². The summed E-state index contributed by atoms with van der Waals surface area (Å²) < 4.78 is 0. The molecular weight excluding hydrogens is 270 g/mol. The van der Waals surface area contributed by atoms with E-state index in [0.29, 0.717) is 16.4 Å². The number of aliphatic hydroxyl groups excluding tert-OH is 1. The van der Waals surface area contributed by atoms with Crippen LogP contribution in [0.15, 0.2) is 18.2 Å². The largest absolute Gasteiger partial charge is 0.384 e. The van der Waals surface area contributed by atoms with Crippen molar-refractivity contribution < 1.29 is 9.90 Å². The molecule has 1 aromatic carbocycles. The van der Waals surface area contributed by atoms with Gasteiger partial charge in [0.25, 0.3) is 5.91 Å². The highest BCUT2D eigenvalue weighted by Gasteiger charge is 2.23. The van der Waals surface area contributed by atoms with E-state index in [1.165, 1.54) is 0 Å². The fourth-order valence-corrected chi connectivity index (χ4v) is 3.27. The number of hydrogen-bond acceptors (Lipinski definition) is 3. The van der Waals surface area contributed by atoms with Gasteiger partial charge < -0.3 is 10.0 Å². The van der Waals surface area contributed by atoms with Crippen LogP contribution in [0.5, 0.6) is 0 Å². The quantitative estimate of drug-likeness (QED) is 0.803. The second kappa shape index (κ2) is 6.83. The monoisotopic (exact) mass is 289 g/mol. The molecule has 1 aromatic rings. The Morgan fingerprint density at radius 2 is 2.35 bits per heavy atom. The fraction of sp³-hybridized carbons (Fsp3) is 0.438. The van der Waals surface area contributed by atoms with Crippen molar-refractivity contribution in [1.82, 2.24) is 4.90 Å². The third kappa shape index (κ3) is 3.56. The SMILES string of the molecule is Cc1ccc(C(=O)N2CCSC(C)C2)c(C#CCO)c1. The van der Waals surface area contributed by atoms with Gasteiger partial charge in [-0.25, -0.2) is 0 Å². The Bertz CT molecular complexity index is 559. The zero-order chi connectivity index (χ0) is 14.5. The smallest absolute Gasteiger partial charge is 0.255 e. The molecular formula is C16H19NO2S. The summed E-state index contributed by atoms with van der Waals surface area (Å²) >= 11 is 1.90. The average Bonchev–Trinajstić information content (AvgIpc) is 2.44. The summed E-state index contributed by atoms with van der Waals surface area (Å²) in [5, 5.41) is 9.32. The minimum Gasteiger partial charge on any atom is -0.384 e. The summed E-state index contributed by atoms with van der Waals surface area (Å²) in [6.07, 6.45) is 0. The molecule has 1 saturated heterocycles. The summed E-state index contributed by atoms with van der Waals surface area (Å²) in [5.41, 5.74) is 2.40. The lowest BCUT2D eigenvalue weighted by molar-refractivity contribution is 0.0763. The van der Waals surface area contributed by atoms with E-state index in [-0.39, 0.29) is 12.5 Å². The molecule has 0 saturated carbocycles. The van der Waals surface area contributed by atoms with E-state index in [2.05, 4.69) is 18.8 Å². The molecule has 1 atom stereocenters. The van der Waals surface area contributed by atoms with Crippen LogP contribution in [0.25, 0.3) is 0 Å². The molecule has 4 heteroatoms. The van der Waals surface area contributed by atoms with Gasteiger partial charge in [-0.05, 0) is 24.6 Å². The van der Waals surface area contributed by atoms with Crippen LogP contribution >= 0.6 is 11.8 Å².